The van der Waals surface area contributed by atoms with Crippen molar-refractivity contribution in [3.63, 3.8) is 0 Å². The number of carbonyl (C=O) groups excluding carboxylic acids is 2. The van der Waals surface area contributed by atoms with Crippen LogP contribution in [0.4, 0.5) is 5.69 Å². The molecule has 1 N–H and O–H groups in total. The Hall–Kier alpha value is -2.87. The third kappa shape index (κ3) is 7.10. The number of nitrogens with one attached hydrogen (secondary N) is 1. The number of hydrogen-bond acceptors (Lipinski definition) is 4. The average molecular weight is 446 g/mol. The molecule has 168 valence electrons. The van der Waals surface area contributed by atoms with Crippen LogP contribution in [0.2, 0.25) is 0 Å². The summed E-state index contributed by atoms with van der Waals surface area (Å²) in [5.41, 5.74) is 2.33. The van der Waals surface area contributed by atoms with Crippen LogP contribution in [0.5, 0.6) is 0 Å². The molecular weight excluding hydrogens is 414 g/mol. The fraction of sp³-hybridized carbons (Fsp3) is 0.391. The lowest BCUT2D eigenvalue weighted by Gasteiger charge is -2.31. The highest BCUT2D eigenvalue weighted by atomic mass is 32.2. The standard InChI is InChI=1S/C23H31N3O4S/c1-17(2)24-23(28)19(4)25(15-20-13-11-18(3)12-14-20)22(27)16-26(31(5,29)30)21-9-7-6-8-10-21/h6-14,17,19H,15-16H2,1-5H3,(H,24,28). The molecule has 0 aliphatic carbocycles. The molecule has 0 aromatic heterocycles. The van der Waals surface area contributed by atoms with Crippen molar-refractivity contribution in [3.8, 4) is 0 Å². The Morgan fingerprint density at radius 2 is 1.55 bits per heavy atom. The van der Waals surface area contributed by atoms with Crippen molar-refractivity contribution in [2.75, 3.05) is 17.1 Å². The van der Waals surface area contributed by atoms with Crippen LogP contribution in [0.15, 0.2) is 54.6 Å². The van der Waals surface area contributed by atoms with E-state index in [-0.39, 0.29) is 18.5 Å². The first kappa shape index (κ1) is 24.4. The van der Waals surface area contributed by atoms with E-state index in [1.807, 2.05) is 45.0 Å². The van der Waals surface area contributed by atoms with Gasteiger partial charge < -0.3 is 10.2 Å². The first-order valence-electron chi connectivity index (χ1n) is 10.2. The zero-order chi connectivity index (χ0) is 23.2. The number of nitrogens with zero attached hydrogens (tertiary/aromatic N) is 2. The first-order valence-corrected chi connectivity index (χ1v) is 12.0. The number of carbonyl (C=O) groups is 2. The molecule has 0 bridgehead atoms. The van der Waals surface area contributed by atoms with Crippen molar-refractivity contribution in [2.24, 2.45) is 0 Å². The molecule has 0 saturated carbocycles. The quantitative estimate of drug-likeness (QED) is 0.643. The van der Waals surface area contributed by atoms with E-state index in [0.717, 1.165) is 21.7 Å². The molecule has 0 heterocycles. The molecule has 0 aliphatic heterocycles. The Morgan fingerprint density at radius 3 is 2.06 bits per heavy atom. The smallest absolute Gasteiger partial charge is 0.244 e. The van der Waals surface area contributed by atoms with E-state index < -0.39 is 28.5 Å². The number of anilines is 1. The fourth-order valence-corrected chi connectivity index (χ4v) is 3.94. The molecule has 7 nitrogen and oxygen atoms in total. The minimum absolute atomic E-state index is 0.0805. The molecule has 2 amide bonds. The van der Waals surface area contributed by atoms with Gasteiger partial charge in [0, 0.05) is 12.6 Å². The predicted molar refractivity (Wildman–Crippen MR) is 123 cm³/mol. The lowest BCUT2D eigenvalue weighted by Crippen LogP contribution is -2.52. The van der Waals surface area contributed by atoms with Crippen LogP contribution in [-0.4, -0.2) is 50.0 Å². The van der Waals surface area contributed by atoms with E-state index in [9.17, 15) is 18.0 Å². The predicted octanol–water partition coefficient (Wildman–Crippen LogP) is 2.70. The minimum atomic E-state index is -3.70. The Labute approximate surface area is 185 Å². The molecular formula is C23H31N3O4S. The van der Waals surface area contributed by atoms with Gasteiger partial charge in [-0.1, -0.05) is 48.0 Å². The summed E-state index contributed by atoms with van der Waals surface area (Å²) < 4.78 is 25.9. The van der Waals surface area contributed by atoms with Crippen molar-refractivity contribution < 1.29 is 18.0 Å². The molecule has 0 radical (unpaired) electrons. The van der Waals surface area contributed by atoms with Crippen LogP contribution in [0.1, 0.15) is 31.9 Å². The summed E-state index contributed by atoms with van der Waals surface area (Å²) in [5.74, 6) is -0.748. The molecule has 2 aromatic rings. The van der Waals surface area contributed by atoms with Crippen molar-refractivity contribution in [1.82, 2.24) is 10.2 Å². The summed E-state index contributed by atoms with van der Waals surface area (Å²) in [4.78, 5) is 27.4. The van der Waals surface area contributed by atoms with Gasteiger partial charge in [-0.15, -0.1) is 0 Å². The van der Waals surface area contributed by atoms with Gasteiger partial charge in [0.05, 0.1) is 11.9 Å². The van der Waals surface area contributed by atoms with Crippen molar-refractivity contribution in [1.29, 1.82) is 0 Å². The molecule has 2 aromatic carbocycles. The number of sulfonamides is 1. The van der Waals surface area contributed by atoms with Gasteiger partial charge in [0.15, 0.2) is 0 Å². The molecule has 0 saturated heterocycles. The van der Waals surface area contributed by atoms with Gasteiger partial charge in [-0.3, -0.25) is 13.9 Å². The topological polar surface area (TPSA) is 86.8 Å². The van der Waals surface area contributed by atoms with Crippen LogP contribution in [0, 0.1) is 6.92 Å². The highest BCUT2D eigenvalue weighted by Crippen LogP contribution is 2.18. The summed E-state index contributed by atoms with van der Waals surface area (Å²) in [5, 5.41) is 2.82. The fourth-order valence-electron chi connectivity index (χ4n) is 3.09. The second-order valence-electron chi connectivity index (χ2n) is 7.95. The third-order valence-corrected chi connectivity index (χ3v) is 5.94. The highest BCUT2D eigenvalue weighted by Gasteiger charge is 2.30. The van der Waals surface area contributed by atoms with E-state index in [0.29, 0.717) is 5.69 Å². The van der Waals surface area contributed by atoms with E-state index in [1.54, 1.807) is 37.3 Å². The van der Waals surface area contributed by atoms with E-state index in [4.69, 9.17) is 0 Å². The van der Waals surface area contributed by atoms with Crippen LogP contribution >= 0.6 is 0 Å². The summed E-state index contributed by atoms with van der Waals surface area (Å²) >= 11 is 0. The van der Waals surface area contributed by atoms with Gasteiger partial charge in [-0.05, 0) is 45.4 Å². The van der Waals surface area contributed by atoms with Crippen LogP contribution in [-0.2, 0) is 26.2 Å². The molecule has 1 atom stereocenters. The molecule has 0 fully saturated rings. The molecule has 8 heteroatoms. The van der Waals surface area contributed by atoms with Gasteiger partial charge in [0.1, 0.15) is 12.6 Å². The number of amides is 2. The maximum Gasteiger partial charge on any atom is 0.244 e. The van der Waals surface area contributed by atoms with Crippen molar-refractivity contribution in [2.45, 2.75) is 46.3 Å². The second-order valence-corrected chi connectivity index (χ2v) is 9.86. The maximum absolute atomic E-state index is 13.3. The van der Waals surface area contributed by atoms with Crippen molar-refractivity contribution in [3.05, 3.63) is 65.7 Å². The number of para-hydroxylation sites is 1. The number of benzene rings is 2. The van der Waals surface area contributed by atoms with E-state index in [2.05, 4.69) is 5.32 Å². The lowest BCUT2D eigenvalue weighted by atomic mass is 10.1. The molecule has 31 heavy (non-hydrogen) atoms. The Morgan fingerprint density at radius 1 is 0.968 bits per heavy atom. The SMILES string of the molecule is Cc1ccc(CN(C(=O)CN(c2ccccc2)S(C)(=O)=O)C(C)C(=O)NC(C)C)cc1. The first-order chi connectivity index (χ1) is 14.5. The molecule has 2 rings (SSSR count). The van der Waals surface area contributed by atoms with Crippen LogP contribution < -0.4 is 9.62 Å². The summed E-state index contributed by atoms with van der Waals surface area (Å²) in [6, 6.07) is 15.3. The normalized spacial score (nSPS) is 12.3. The van der Waals surface area contributed by atoms with Gasteiger partial charge in [0.2, 0.25) is 21.8 Å². The molecule has 0 spiro atoms. The van der Waals surface area contributed by atoms with Crippen LogP contribution in [0.25, 0.3) is 0 Å². The monoisotopic (exact) mass is 445 g/mol. The zero-order valence-electron chi connectivity index (χ0n) is 18.7. The Balaban J connectivity index is 2.35. The molecule has 0 aliphatic rings. The largest absolute Gasteiger partial charge is 0.352 e. The zero-order valence-corrected chi connectivity index (χ0v) is 19.5. The van der Waals surface area contributed by atoms with Gasteiger partial charge in [-0.2, -0.15) is 0 Å². The number of hydrogen-bond donors (Lipinski definition) is 1. The van der Waals surface area contributed by atoms with Crippen molar-refractivity contribution >= 4 is 27.5 Å². The van der Waals surface area contributed by atoms with Gasteiger partial charge in [-0.25, -0.2) is 8.42 Å². The van der Waals surface area contributed by atoms with E-state index >= 15 is 0 Å². The second kappa shape index (κ2) is 10.4. The third-order valence-electron chi connectivity index (χ3n) is 4.80. The number of aryl methyl sites for hydroxylation is 1. The Bertz CT molecular complexity index is 989. The van der Waals surface area contributed by atoms with Gasteiger partial charge >= 0.3 is 0 Å². The molecule has 1 unspecified atom stereocenters. The maximum atomic E-state index is 13.3. The summed E-state index contributed by atoms with van der Waals surface area (Å²) in [7, 11) is -3.70. The number of rotatable bonds is 9. The minimum Gasteiger partial charge on any atom is -0.352 e. The Kier molecular flexibility index (Phi) is 8.21. The highest BCUT2D eigenvalue weighted by molar-refractivity contribution is 7.92. The van der Waals surface area contributed by atoms with E-state index in [1.165, 1.54) is 4.90 Å². The van der Waals surface area contributed by atoms with Gasteiger partial charge in [0.25, 0.3) is 0 Å². The van der Waals surface area contributed by atoms with Crippen LogP contribution in [0.3, 0.4) is 0 Å². The lowest BCUT2D eigenvalue weighted by molar-refractivity contribution is -0.139. The summed E-state index contributed by atoms with van der Waals surface area (Å²) in [6.45, 7) is 7.10. The average Bonchev–Trinajstić information content (AvgIpc) is 2.70. The summed E-state index contributed by atoms with van der Waals surface area (Å²) in [6.07, 6.45) is 1.06.